The zero-order valence-electron chi connectivity index (χ0n) is 40.2. The topological polar surface area (TPSA) is 52.6 Å². The lowest BCUT2D eigenvalue weighted by atomic mass is 10.0. The van der Waals surface area contributed by atoms with Crippen LogP contribution in [0.2, 0.25) is 0 Å². The summed E-state index contributed by atoms with van der Waals surface area (Å²) in [6, 6.07) is 0. The standard InChI is InChI=1S/C54H106O4/c1-4-5-6-7-8-9-10-11-28-32-35-38-41-44-47-50-53(55)57-58-54(56)51-48-45-42-39-36-33-30-27-25-23-21-19-17-15-13-12-14-16-18-20-22-24-26-29-31-34-37-40-43-46-49-52(2)3/h52H,4-51H2,1-3H3. The van der Waals surface area contributed by atoms with E-state index in [1.54, 1.807) is 0 Å². The Morgan fingerprint density at radius 2 is 0.448 bits per heavy atom. The molecule has 0 radical (unpaired) electrons. The van der Waals surface area contributed by atoms with Gasteiger partial charge in [0, 0.05) is 0 Å². The highest BCUT2D eigenvalue weighted by molar-refractivity contribution is 5.72. The second kappa shape index (κ2) is 50.3. The normalized spacial score (nSPS) is 11.5. The number of carbonyl (C=O) groups excluding carboxylic acids is 2. The fourth-order valence-electron chi connectivity index (χ4n) is 8.59. The summed E-state index contributed by atoms with van der Waals surface area (Å²) in [7, 11) is 0. The molecule has 0 N–H and O–H groups in total. The van der Waals surface area contributed by atoms with E-state index >= 15 is 0 Å². The molecule has 0 spiro atoms. The maximum atomic E-state index is 11.9. The predicted octanol–water partition coefficient (Wildman–Crippen LogP) is 19.4. The van der Waals surface area contributed by atoms with E-state index in [4.69, 9.17) is 9.78 Å². The smallest absolute Gasteiger partial charge is 0.247 e. The van der Waals surface area contributed by atoms with Crippen molar-refractivity contribution in [1.29, 1.82) is 0 Å². The van der Waals surface area contributed by atoms with Crippen LogP contribution in [0.25, 0.3) is 0 Å². The van der Waals surface area contributed by atoms with Crippen LogP contribution in [0, 0.1) is 5.92 Å². The molecule has 0 atom stereocenters. The van der Waals surface area contributed by atoms with Crippen molar-refractivity contribution in [2.24, 2.45) is 5.92 Å². The third-order valence-corrected chi connectivity index (χ3v) is 12.6. The minimum absolute atomic E-state index is 0.338. The van der Waals surface area contributed by atoms with Gasteiger partial charge >= 0.3 is 11.9 Å². The van der Waals surface area contributed by atoms with Gasteiger partial charge in [0.15, 0.2) is 0 Å². The van der Waals surface area contributed by atoms with Gasteiger partial charge in [0.1, 0.15) is 0 Å². The summed E-state index contributed by atoms with van der Waals surface area (Å²) in [5.41, 5.74) is 0. The molecule has 0 aliphatic heterocycles. The van der Waals surface area contributed by atoms with Crippen LogP contribution in [-0.4, -0.2) is 11.9 Å². The van der Waals surface area contributed by atoms with Gasteiger partial charge in [-0.25, -0.2) is 19.4 Å². The van der Waals surface area contributed by atoms with E-state index in [0.29, 0.717) is 12.8 Å². The van der Waals surface area contributed by atoms with Crippen molar-refractivity contribution in [2.75, 3.05) is 0 Å². The zero-order valence-corrected chi connectivity index (χ0v) is 40.2. The molecule has 0 aliphatic carbocycles. The molecule has 0 aromatic carbocycles. The Hall–Kier alpha value is -1.06. The summed E-state index contributed by atoms with van der Waals surface area (Å²) < 4.78 is 0. The molecule has 0 saturated carbocycles. The first kappa shape index (κ1) is 56.9. The maximum absolute atomic E-state index is 11.9. The minimum Gasteiger partial charge on any atom is -0.247 e. The first-order valence-electron chi connectivity index (χ1n) is 27.0. The Kier molecular flexibility index (Phi) is 49.4. The maximum Gasteiger partial charge on any atom is 0.355 e. The van der Waals surface area contributed by atoms with Crippen LogP contribution in [-0.2, 0) is 19.4 Å². The van der Waals surface area contributed by atoms with Crippen LogP contribution in [0.4, 0.5) is 0 Å². The van der Waals surface area contributed by atoms with Crippen molar-refractivity contribution >= 4 is 11.9 Å². The summed E-state index contributed by atoms with van der Waals surface area (Å²) >= 11 is 0. The van der Waals surface area contributed by atoms with Crippen molar-refractivity contribution in [3.05, 3.63) is 0 Å². The van der Waals surface area contributed by atoms with Gasteiger partial charge in [0.2, 0.25) is 0 Å². The van der Waals surface area contributed by atoms with E-state index in [1.165, 1.54) is 270 Å². The first-order chi connectivity index (χ1) is 28.6. The van der Waals surface area contributed by atoms with Crippen LogP contribution >= 0.6 is 0 Å². The average Bonchev–Trinajstić information content (AvgIpc) is 3.21. The fourth-order valence-corrected chi connectivity index (χ4v) is 8.59. The Bertz CT molecular complexity index is 794. The lowest BCUT2D eigenvalue weighted by Crippen LogP contribution is -2.11. The molecule has 0 aromatic rings. The number of rotatable bonds is 49. The molecule has 58 heavy (non-hydrogen) atoms. The van der Waals surface area contributed by atoms with Crippen LogP contribution in [0.1, 0.15) is 329 Å². The molecule has 346 valence electrons. The number of unbranched alkanes of at least 4 members (excludes halogenated alkanes) is 43. The highest BCUT2D eigenvalue weighted by Crippen LogP contribution is 2.18. The highest BCUT2D eigenvalue weighted by Gasteiger charge is 2.10. The molecule has 0 bridgehead atoms. The fraction of sp³-hybridized carbons (Fsp3) is 0.963. The summed E-state index contributed by atoms with van der Waals surface area (Å²) in [6.07, 6.45) is 63.3. The summed E-state index contributed by atoms with van der Waals surface area (Å²) in [6.45, 7) is 6.97. The Balaban J connectivity index is 3.21. The molecular weight excluding hydrogens is 713 g/mol. The highest BCUT2D eigenvalue weighted by atomic mass is 17.2. The Morgan fingerprint density at radius 1 is 0.276 bits per heavy atom. The van der Waals surface area contributed by atoms with E-state index in [0.717, 1.165) is 31.6 Å². The predicted molar refractivity (Wildman–Crippen MR) is 254 cm³/mol. The van der Waals surface area contributed by atoms with Gasteiger partial charge in [-0.15, -0.1) is 0 Å². The largest absolute Gasteiger partial charge is 0.355 e. The Labute approximate surface area is 365 Å². The first-order valence-corrected chi connectivity index (χ1v) is 27.0. The quantitative estimate of drug-likeness (QED) is 0.0349. The second-order valence-electron chi connectivity index (χ2n) is 19.1. The van der Waals surface area contributed by atoms with Gasteiger partial charge in [0.05, 0.1) is 12.8 Å². The summed E-state index contributed by atoms with van der Waals surface area (Å²) in [5.74, 6) is 0.0586. The molecule has 0 saturated heterocycles. The molecule has 4 nitrogen and oxygen atoms in total. The lowest BCUT2D eigenvalue weighted by Gasteiger charge is -2.05. The monoisotopic (exact) mass is 819 g/mol. The van der Waals surface area contributed by atoms with E-state index in [-0.39, 0.29) is 0 Å². The summed E-state index contributed by atoms with van der Waals surface area (Å²) in [5, 5.41) is 0. The van der Waals surface area contributed by atoms with Crippen molar-refractivity contribution in [3.63, 3.8) is 0 Å². The molecule has 0 rings (SSSR count). The van der Waals surface area contributed by atoms with E-state index in [2.05, 4.69) is 20.8 Å². The van der Waals surface area contributed by atoms with Crippen molar-refractivity contribution in [1.82, 2.24) is 0 Å². The van der Waals surface area contributed by atoms with E-state index in [1.807, 2.05) is 0 Å². The van der Waals surface area contributed by atoms with Crippen LogP contribution in [0.3, 0.4) is 0 Å². The minimum atomic E-state index is -0.413. The molecule has 4 heteroatoms. The third kappa shape index (κ3) is 51.1. The molecule has 0 aliphatic rings. The Morgan fingerprint density at radius 3 is 0.638 bits per heavy atom. The van der Waals surface area contributed by atoms with E-state index in [9.17, 15) is 9.59 Å². The third-order valence-electron chi connectivity index (χ3n) is 12.6. The van der Waals surface area contributed by atoms with Gasteiger partial charge < -0.3 is 0 Å². The van der Waals surface area contributed by atoms with Gasteiger partial charge in [-0.3, -0.25) is 0 Å². The van der Waals surface area contributed by atoms with Crippen molar-refractivity contribution < 1.29 is 19.4 Å². The van der Waals surface area contributed by atoms with Crippen LogP contribution in [0.15, 0.2) is 0 Å². The number of hydrogen-bond acceptors (Lipinski definition) is 4. The van der Waals surface area contributed by atoms with Gasteiger partial charge in [-0.2, -0.15) is 0 Å². The molecule has 0 unspecified atom stereocenters. The second-order valence-corrected chi connectivity index (χ2v) is 19.1. The van der Waals surface area contributed by atoms with Gasteiger partial charge in [-0.1, -0.05) is 303 Å². The average molecular weight is 819 g/mol. The van der Waals surface area contributed by atoms with Crippen LogP contribution in [0.5, 0.6) is 0 Å². The molecular formula is C54H106O4. The number of carbonyl (C=O) groups is 2. The van der Waals surface area contributed by atoms with Crippen LogP contribution < -0.4 is 0 Å². The zero-order chi connectivity index (χ0) is 42.1. The van der Waals surface area contributed by atoms with Gasteiger partial charge in [0.25, 0.3) is 0 Å². The molecule has 0 amide bonds. The summed E-state index contributed by atoms with van der Waals surface area (Å²) in [4.78, 5) is 33.4. The lowest BCUT2D eigenvalue weighted by molar-refractivity contribution is -0.259. The van der Waals surface area contributed by atoms with Gasteiger partial charge in [-0.05, 0) is 18.8 Å². The SMILES string of the molecule is CCCCCCCCCCCCCCCCCC(=O)OOC(=O)CCCCCCCCCCCCCCCCCCCCCCCCCCCCCCCCC(C)C. The molecule has 0 fully saturated rings. The van der Waals surface area contributed by atoms with E-state index < -0.39 is 11.9 Å². The number of hydrogen-bond donors (Lipinski definition) is 0. The van der Waals surface area contributed by atoms with Crippen molar-refractivity contribution in [2.45, 2.75) is 329 Å². The molecule has 0 aromatic heterocycles. The van der Waals surface area contributed by atoms with Crippen molar-refractivity contribution in [3.8, 4) is 0 Å². The molecule has 0 heterocycles.